The molecule has 0 amide bonds. The summed E-state index contributed by atoms with van der Waals surface area (Å²) in [6.07, 6.45) is -10.5. The standard InChI is InChI=1S/C12H23NO10S3/c1-25(18)5-3-2-4-8(13-23-26(19,20)21)24-12-11(17)10(16)9(15)7(6-14)22-12/h7,9-12,14-17H,2-6H2,1H3,(H,19,20,21)/b13-8-/t7-,9-,10+,11-,12+,25?/m1/s1/i1D3,3+1,5D2. The summed E-state index contributed by atoms with van der Waals surface area (Å²) in [5.74, 6) is 0. The van der Waals surface area contributed by atoms with Crippen molar-refractivity contribution in [1.29, 1.82) is 0 Å². The Bertz CT molecular complexity index is 763. The number of hydrogen-bond acceptors (Lipinski definition) is 11. The summed E-state index contributed by atoms with van der Waals surface area (Å²) in [5.41, 5.74) is -4.00. The molecule has 14 heteroatoms. The third kappa shape index (κ3) is 8.14. The van der Waals surface area contributed by atoms with Crippen LogP contribution in [0.25, 0.3) is 0 Å². The summed E-state index contributed by atoms with van der Waals surface area (Å²) in [7, 11) is -7.87. The van der Waals surface area contributed by atoms with E-state index in [0.717, 1.165) is 0 Å². The minimum atomic E-state index is -5.03. The first-order chi connectivity index (χ1) is 14.0. The summed E-state index contributed by atoms with van der Waals surface area (Å²) in [4.78, 5) is 0. The molecule has 0 aliphatic carbocycles. The number of hydrogen-bond donors (Lipinski definition) is 5. The number of aliphatic hydroxyl groups is 4. The highest BCUT2D eigenvalue weighted by Gasteiger charge is 2.44. The first kappa shape index (κ1) is 16.6. The van der Waals surface area contributed by atoms with Crippen LogP contribution in [-0.2, 0) is 30.2 Å². The van der Waals surface area contributed by atoms with Crippen molar-refractivity contribution in [3.05, 3.63) is 0 Å². The van der Waals surface area contributed by atoms with E-state index in [4.69, 9.17) is 16.1 Å². The zero-order valence-electron chi connectivity index (χ0n) is 18.2. The molecular weight excluding hydrogens is 415 g/mol. The number of ether oxygens (including phenoxy) is 1. The molecule has 0 radical (unpaired) electrons. The zero-order chi connectivity index (χ0) is 24.2. The van der Waals surface area contributed by atoms with E-state index in [1.807, 2.05) is 0 Å². The smallest absolute Gasteiger partial charge is 0.394 e. The Hall–Kier alpha value is -0.320. The molecule has 1 unspecified atom stereocenters. The maximum atomic E-state index is 11.8. The Morgan fingerprint density at radius 3 is 2.62 bits per heavy atom. The first-order valence-electron chi connectivity index (χ1n) is 9.61. The molecule has 26 heavy (non-hydrogen) atoms. The monoisotopic (exact) mass is 443 g/mol. The first-order valence-corrected chi connectivity index (χ1v) is 10.5. The van der Waals surface area contributed by atoms with E-state index < -0.39 is 76.0 Å². The van der Waals surface area contributed by atoms with E-state index in [1.54, 1.807) is 0 Å². The van der Waals surface area contributed by atoms with E-state index in [9.17, 15) is 33.1 Å². The summed E-state index contributed by atoms with van der Waals surface area (Å²) in [6, 6.07) is 0. The molecule has 1 aliphatic heterocycles. The van der Waals surface area contributed by atoms with Crippen molar-refractivity contribution in [1.82, 2.24) is 0 Å². The number of oxime groups is 1. The molecule has 1 saturated heterocycles. The van der Waals surface area contributed by atoms with Gasteiger partial charge in [-0.15, -0.1) is 0 Å². The van der Waals surface area contributed by atoms with Crippen LogP contribution < -0.4 is 0 Å². The van der Waals surface area contributed by atoms with Gasteiger partial charge in [0.2, 0.25) is 0 Å². The highest BCUT2D eigenvalue weighted by atomic mass is 32.3. The highest BCUT2D eigenvalue weighted by Crippen LogP contribution is 2.30. The Labute approximate surface area is 164 Å². The second kappa shape index (κ2) is 10.9. The fourth-order valence-corrected chi connectivity index (χ4v) is 3.59. The van der Waals surface area contributed by atoms with Gasteiger partial charge in [0, 0.05) is 29.5 Å². The predicted octanol–water partition coefficient (Wildman–Crippen LogP) is -1.80. The predicted molar refractivity (Wildman–Crippen MR) is 94.2 cm³/mol. The van der Waals surface area contributed by atoms with E-state index in [2.05, 4.69) is 9.44 Å². The minimum absolute atomic E-state index is 0.215. The molecule has 0 aromatic heterocycles. The second-order valence-electron chi connectivity index (χ2n) is 5.07. The van der Waals surface area contributed by atoms with E-state index in [-0.39, 0.29) is 17.9 Å². The van der Waals surface area contributed by atoms with Gasteiger partial charge in [-0.25, -0.2) is 4.28 Å². The maximum Gasteiger partial charge on any atom is 0.466 e. The molecular formula is C12H23NO10S3. The van der Waals surface area contributed by atoms with Crippen molar-refractivity contribution in [2.45, 2.75) is 49.1 Å². The normalized spacial score (nSPS) is 35.5. The maximum absolute atomic E-state index is 11.8. The van der Waals surface area contributed by atoms with E-state index in [1.165, 1.54) is 0 Å². The lowest BCUT2D eigenvalue weighted by molar-refractivity contribution is -0.205. The van der Waals surface area contributed by atoms with Crippen LogP contribution in [0.3, 0.4) is 0 Å². The molecule has 1 aliphatic rings. The average molecular weight is 444 g/mol. The number of rotatable bonds is 9. The molecule has 1 heterocycles. The molecule has 0 spiro atoms. The molecule has 0 aromatic rings. The Balaban J connectivity index is 2.92. The van der Waals surface area contributed by atoms with Crippen LogP contribution in [0.2, 0.25) is 0 Å². The zero-order valence-corrected chi connectivity index (χ0v) is 15.6. The molecule has 0 bridgehead atoms. The third-order valence-electron chi connectivity index (χ3n) is 3.13. The molecule has 11 nitrogen and oxygen atoms in total. The van der Waals surface area contributed by atoms with Gasteiger partial charge in [0.25, 0.3) is 0 Å². The lowest BCUT2D eigenvalue weighted by Crippen LogP contribution is -2.57. The fourth-order valence-electron chi connectivity index (χ4n) is 1.92. The molecule has 1 rings (SSSR count). The van der Waals surface area contributed by atoms with Crippen molar-refractivity contribution < 1.29 is 53.5 Å². The van der Waals surface area contributed by atoms with Crippen molar-refractivity contribution >= 4 is 38.0 Å². The van der Waals surface area contributed by atoms with Crippen LogP contribution in [0.4, 0.5) is 0 Å². The Kier molecular flexibility index (Phi) is 6.95. The SMILES string of the molecule is [2H]C([2H])([2H])S(=O)C([2H])([2H])[13CH2]CC/C(=N/OS(=O)(=O)O)S[C@@H]1O[C@H](CO)[C@@H](O)[C@H](O)[C@H]1O. The van der Waals surface area contributed by atoms with Gasteiger partial charge >= 0.3 is 10.4 Å². The van der Waals surface area contributed by atoms with Gasteiger partial charge in [0.15, 0.2) is 0 Å². The lowest BCUT2D eigenvalue weighted by atomic mass is 10.0. The molecule has 0 aromatic carbocycles. The summed E-state index contributed by atoms with van der Waals surface area (Å²) in [6.45, 7) is -0.725. The molecule has 1 fully saturated rings. The van der Waals surface area contributed by atoms with Crippen molar-refractivity contribution in [3.63, 3.8) is 0 Å². The molecule has 0 saturated carbocycles. The van der Waals surface area contributed by atoms with Crippen molar-refractivity contribution in [3.8, 4) is 0 Å². The Morgan fingerprint density at radius 1 is 1.35 bits per heavy atom. The molecule has 154 valence electrons. The van der Waals surface area contributed by atoms with E-state index in [0.29, 0.717) is 11.8 Å². The van der Waals surface area contributed by atoms with Gasteiger partial charge in [-0.05, 0) is 19.3 Å². The van der Waals surface area contributed by atoms with Crippen molar-refractivity contribution in [2.75, 3.05) is 18.5 Å². The number of nitrogens with zero attached hydrogens (tertiary/aromatic N) is 1. The summed E-state index contributed by atoms with van der Waals surface area (Å²) >= 11 is 0.489. The van der Waals surface area contributed by atoms with Gasteiger partial charge in [-0.3, -0.25) is 8.76 Å². The van der Waals surface area contributed by atoms with Crippen LogP contribution in [0.1, 0.15) is 26.1 Å². The van der Waals surface area contributed by atoms with Gasteiger partial charge in [-0.2, -0.15) is 8.42 Å². The average Bonchev–Trinajstić information content (AvgIpc) is 2.64. The van der Waals surface area contributed by atoms with Gasteiger partial charge in [0.05, 0.1) is 6.61 Å². The van der Waals surface area contributed by atoms with Crippen LogP contribution >= 0.6 is 11.8 Å². The van der Waals surface area contributed by atoms with Crippen molar-refractivity contribution in [2.24, 2.45) is 5.16 Å². The van der Waals surface area contributed by atoms with Crippen LogP contribution in [-0.4, -0.2) is 91.0 Å². The largest absolute Gasteiger partial charge is 0.466 e. The fraction of sp³-hybridized carbons (Fsp3) is 0.917. The van der Waals surface area contributed by atoms with Gasteiger partial charge in [-0.1, -0.05) is 16.9 Å². The highest BCUT2D eigenvalue weighted by molar-refractivity contribution is 8.14. The van der Waals surface area contributed by atoms with Crippen LogP contribution in [0, 0.1) is 0 Å². The summed E-state index contributed by atoms with van der Waals surface area (Å²) < 4.78 is 87.7. The topological polar surface area (TPSA) is 183 Å². The number of aliphatic hydroxyl groups excluding tert-OH is 4. The van der Waals surface area contributed by atoms with Gasteiger partial charge < -0.3 is 25.2 Å². The lowest BCUT2D eigenvalue weighted by Gasteiger charge is -2.39. The van der Waals surface area contributed by atoms with Crippen LogP contribution in [0.5, 0.6) is 0 Å². The Morgan fingerprint density at radius 2 is 2.04 bits per heavy atom. The van der Waals surface area contributed by atoms with Gasteiger partial charge in [0.1, 0.15) is 34.9 Å². The molecule has 5 N–H and O–H groups in total. The summed E-state index contributed by atoms with van der Waals surface area (Å²) in [5, 5.41) is 41.7. The van der Waals surface area contributed by atoms with Crippen LogP contribution in [0.15, 0.2) is 5.16 Å². The minimum Gasteiger partial charge on any atom is -0.394 e. The second-order valence-corrected chi connectivity index (χ2v) is 8.07. The number of thioether (sulfide) groups is 1. The molecule has 6 atom stereocenters. The third-order valence-corrected chi connectivity index (χ3v) is 5.04. The van der Waals surface area contributed by atoms with E-state index >= 15 is 0 Å². The quantitative estimate of drug-likeness (QED) is 0.0890.